The van der Waals surface area contributed by atoms with Gasteiger partial charge in [0.25, 0.3) is 0 Å². The Labute approximate surface area is 123 Å². The fourth-order valence-electron chi connectivity index (χ4n) is 2.64. The molecule has 0 fully saturated rings. The van der Waals surface area contributed by atoms with E-state index < -0.39 is 0 Å². The summed E-state index contributed by atoms with van der Waals surface area (Å²) >= 11 is 0. The van der Waals surface area contributed by atoms with Crippen molar-refractivity contribution in [3.05, 3.63) is 58.5 Å². The van der Waals surface area contributed by atoms with Gasteiger partial charge >= 0.3 is 0 Å². The molecule has 1 aromatic heterocycles. The van der Waals surface area contributed by atoms with Crippen LogP contribution < -0.4 is 5.32 Å². The number of hydrogen-bond donors (Lipinski definition) is 1. The highest BCUT2D eigenvalue weighted by atomic mass is 19.1. The lowest BCUT2D eigenvalue weighted by Crippen LogP contribution is -2.10. The summed E-state index contributed by atoms with van der Waals surface area (Å²) in [4.78, 5) is 4.61. The molecule has 0 saturated heterocycles. The number of aromatic nitrogens is 1. The van der Waals surface area contributed by atoms with Crippen LogP contribution in [0.5, 0.6) is 0 Å². The van der Waals surface area contributed by atoms with Gasteiger partial charge in [0, 0.05) is 12.2 Å². The second-order valence-corrected chi connectivity index (χ2v) is 5.29. The van der Waals surface area contributed by atoms with Crippen molar-refractivity contribution in [2.45, 2.75) is 32.2 Å². The van der Waals surface area contributed by atoms with Crippen LogP contribution in [0.4, 0.5) is 10.2 Å². The second kappa shape index (κ2) is 5.92. The number of pyridine rings is 1. The Morgan fingerprint density at radius 2 is 1.95 bits per heavy atom. The maximum absolute atomic E-state index is 12.9. The lowest BCUT2D eigenvalue weighted by atomic mass is 9.95. The van der Waals surface area contributed by atoms with E-state index in [2.05, 4.69) is 16.4 Å². The molecule has 21 heavy (non-hydrogen) atoms. The zero-order valence-corrected chi connectivity index (χ0v) is 11.7. The Kier molecular flexibility index (Phi) is 3.83. The molecule has 0 unspecified atom stereocenters. The normalized spacial score (nSPS) is 13.3. The number of aryl methyl sites for hydroxylation is 2. The van der Waals surface area contributed by atoms with Gasteiger partial charge in [0.05, 0.1) is 5.56 Å². The Hall–Kier alpha value is -2.41. The first-order valence-electron chi connectivity index (χ1n) is 7.17. The predicted molar refractivity (Wildman–Crippen MR) is 79.3 cm³/mol. The molecule has 106 valence electrons. The molecular weight excluding hydrogens is 265 g/mol. The van der Waals surface area contributed by atoms with E-state index in [1.807, 2.05) is 6.07 Å². The number of hydrogen-bond acceptors (Lipinski definition) is 3. The van der Waals surface area contributed by atoms with Crippen molar-refractivity contribution < 1.29 is 4.39 Å². The van der Waals surface area contributed by atoms with Crippen molar-refractivity contribution in [2.24, 2.45) is 0 Å². The van der Waals surface area contributed by atoms with Gasteiger partial charge in [-0.25, -0.2) is 9.37 Å². The van der Waals surface area contributed by atoms with Gasteiger partial charge in [-0.05, 0) is 55.0 Å². The summed E-state index contributed by atoms with van der Waals surface area (Å²) in [5, 5.41) is 12.5. The molecule has 0 atom stereocenters. The Morgan fingerprint density at radius 3 is 2.71 bits per heavy atom. The Balaban J connectivity index is 1.81. The fraction of sp³-hybridized carbons (Fsp3) is 0.294. The van der Waals surface area contributed by atoms with Crippen LogP contribution in [0.1, 0.15) is 35.2 Å². The summed E-state index contributed by atoms with van der Waals surface area (Å²) in [6, 6.07) is 10.5. The molecule has 4 heteroatoms. The van der Waals surface area contributed by atoms with E-state index >= 15 is 0 Å². The largest absolute Gasteiger partial charge is 0.365 e. The maximum Gasteiger partial charge on any atom is 0.144 e. The van der Waals surface area contributed by atoms with Crippen LogP contribution >= 0.6 is 0 Å². The van der Waals surface area contributed by atoms with Crippen LogP contribution in [0.15, 0.2) is 30.3 Å². The Bertz CT molecular complexity index is 686. The number of nitriles is 1. The minimum Gasteiger partial charge on any atom is -0.365 e. The highest BCUT2D eigenvalue weighted by Gasteiger charge is 2.14. The van der Waals surface area contributed by atoms with Crippen molar-refractivity contribution in [3.8, 4) is 6.07 Å². The Morgan fingerprint density at radius 1 is 1.19 bits per heavy atom. The second-order valence-electron chi connectivity index (χ2n) is 5.29. The third kappa shape index (κ3) is 3.03. The third-order valence-corrected chi connectivity index (χ3v) is 3.79. The summed E-state index contributed by atoms with van der Waals surface area (Å²) in [6.45, 7) is 0.529. The summed E-state index contributed by atoms with van der Waals surface area (Å²) < 4.78 is 12.9. The van der Waals surface area contributed by atoms with Crippen LogP contribution in [0.2, 0.25) is 0 Å². The van der Waals surface area contributed by atoms with E-state index in [0.29, 0.717) is 17.9 Å². The topological polar surface area (TPSA) is 48.7 Å². The molecule has 0 saturated carbocycles. The van der Waals surface area contributed by atoms with Gasteiger partial charge in [0.1, 0.15) is 17.7 Å². The molecule has 1 aliphatic carbocycles. The number of fused-ring (bicyclic) bond motifs is 1. The van der Waals surface area contributed by atoms with Crippen molar-refractivity contribution in [1.29, 1.82) is 5.26 Å². The number of nitrogens with zero attached hydrogens (tertiary/aromatic N) is 2. The lowest BCUT2D eigenvalue weighted by Gasteiger charge is -2.17. The van der Waals surface area contributed by atoms with Gasteiger partial charge in [-0.15, -0.1) is 0 Å². The number of anilines is 1. The lowest BCUT2D eigenvalue weighted by molar-refractivity contribution is 0.627. The molecule has 0 spiro atoms. The molecule has 0 radical (unpaired) electrons. The first-order chi connectivity index (χ1) is 10.3. The van der Waals surface area contributed by atoms with Crippen LogP contribution in [0.3, 0.4) is 0 Å². The van der Waals surface area contributed by atoms with Crippen LogP contribution in [-0.2, 0) is 19.4 Å². The van der Waals surface area contributed by atoms with E-state index in [1.165, 1.54) is 24.1 Å². The van der Waals surface area contributed by atoms with E-state index in [0.717, 1.165) is 30.5 Å². The van der Waals surface area contributed by atoms with E-state index in [9.17, 15) is 9.65 Å². The molecule has 1 heterocycles. The first-order valence-corrected chi connectivity index (χ1v) is 7.17. The third-order valence-electron chi connectivity index (χ3n) is 3.79. The quantitative estimate of drug-likeness (QED) is 0.935. The highest BCUT2D eigenvalue weighted by Crippen LogP contribution is 2.24. The molecule has 0 bridgehead atoms. The molecule has 1 N–H and O–H groups in total. The van der Waals surface area contributed by atoms with Gasteiger partial charge in [-0.1, -0.05) is 12.1 Å². The molecule has 0 aliphatic heterocycles. The van der Waals surface area contributed by atoms with Crippen molar-refractivity contribution in [3.63, 3.8) is 0 Å². The number of rotatable bonds is 3. The summed E-state index contributed by atoms with van der Waals surface area (Å²) in [5.74, 6) is 0.380. The zero-order valence-electron chi connectivity index (χ0n) is 11.7. The van der Waals surface area contributed by atoms with Crippen LogP contribution in [0.25, 0.3) is 0 Å². The minimum atomic E-state index is -0.247. The van der Waals surface area contributed by atoms with Gasteiger partial charge in [0.2, 0.25) is 0 Å². The fourth-order valence-corrected chi connectivity index (χ4v) is 2.64. The molecule has 1 aliphatic rings. The number of halogens is 1. The molecule has 3 nitrogen and oxygen atoms in total. The number of benzene rings is 1. The minimum absolute atomic E-state index is 0.247. The van der Waals surface area contributed by atoms with E-state index in [1.54, 1.807) is 12.1 Å². The summed E-state index contributed by atoms with van der Waals surface area (Å²) in [7, 11) is 0. The molecule has 0 amide bonds. The summed E-state index contributed by atoms with van der Waals surface area (Å²) in [6.07, 6.45) is 4.31. The van der Waals surface area contributed by atoms with Gasteiger partial charge in [-0.3, -0.25) is 0 Å². The van der Waals surface area contributed by atoms with E-state index in [-0.39, 0.29) is 5.82 Å². The smallest absolute Gasteiger partial charge is 0.144 e. The van der Waals surface area contributed by atoms with Gasteiger partial charge in [-0.2, -0.15) is 5.26 Å². The van der Waals surface area contributed by atoms with E-state index in [4.69, 9.17) is 0 Å². The maximum atomic E-state index is 12.9. The van der Waals surface area contributed by atoms with Crippen molar-refractivity contribution >= 4 is 5.82 Å². The molecular formula is C17H16FN3. The van der Waals surface area contributed by atoms with Gasteiger partial charge in [0.15, 0.2) is 0 Å². The predicted octanol–water partition coefficient (Wildman–Crippen LogP) is 3.58. The average molecular weight is 281 g/mol. The van der Waals surface area contributed by atoms with Crippen LogP contribution in [0, 0.1) is 17.1 Å². The first kappa shape index (κ1) is 13.6. The van der Waals surface area contributed by atoms with Gasteiger partial charge < -0.3 is 5.32 Å². The highest BCUT2D eigenvalue weighted by molar-refractivity contribution is 5.55. The number of nitrogens with one attached hydrogen (secondary N) is 1. The molecule has 1 aromatic carbocycles. The molecule has 2 aromatic rings. The monoisotopic (exact) mass is 281 g/mol. The standard InChI is InChI=1S/C17H16FN3/c18-15-7-5-12(6-8-15)11-20-17-14(10-19)9-13-3-1-2-4-16(13)21-17/h5-9H,1-4,11H2,(H,20,21). The van der Waals surface area contributed by atoms with Crippen molar-refractivity contribution in [1.82, 2.24) is 4.98 Å². The molecule has 3 rings (SSSR count). The van der Waals surface area contributed by atoms with Crippen LogP contribution in [-0.4, -0.2) is 4.98 Å². The summed E-state index contributed by atoms with van der Waals surface area (Å²) in [5.41, 5.74) is 3.84. The van der Waals surface area contributed by atoms with Crippen molar-refractivity contribution in [2.75, 3.05) is 5.32 Å². The average Bonchev–Trinajstić information content (AvgIpc) is 2.53. The SMILES string of the molecule is N#Cc1cc2c(nc1NCc1ccc(F)cc1)CCCC2. The zero-order chi connectivity index (χ0) is 14.7.